The quantitative estimate of drug-likeness (QED) is 0.924. The van der Waals surface area contributed by atoms with Gasteiger partial charge in [-0.05, 0) is 31.3 Å². The van der Waals surface area contributed by atoms with E-state index in [1.54, 1.807) is 0 Å². The standard InChI is InChI=1S/C14H17ClN2OS/c1-17-4-5-19-8-11(17)14(16)13-7-9-6-10(15)2-3-12(9)18-13/h2-3,6-7,11,14H,4-5,8,16H2,1H3. The molecule has 1 aromatic heterocycles. The van der Waals surface area contributed by atoms with Gasteiger partial charge in [-0.3, -0.25) is 4.90 Å². The topological polar surface area (TPSA) is 42.4 Å². The lowest BCUT2D eigenvalue weighted by molar-refractivity contribution is 0.224. The van der Waals surface area contributed by atoms with Crippen molar-refractivity contribution in [2.24, 2.45) is 5.73 Å². The number of hydrogen-bond donors (Lipinski definition) is 1. The average Bonchev–Trinajstić information content (AvgIpc) is 2.81. The van der Waals surface area contributed by atoms with Crippen LogP contribution >= 0.6 is 23.4 Å². The second kappa shape index (κ2) is 5.37. The smallest absolute Gasteiger partial charge is 0.134 e. The molecule has 0 bridgehead atoms. The van der Waals surface area contributed by atoms with Gasteiger partial charge in [-0.1, -0.05) is 11.6 Å². The van der Waals surface area contributed by atoms with Crippen LogP contribution in [0.15, 0.2) is 28.7 Å². The maximum absolute atomic E-state index is 6.38. The van der Waals surface area contributed by atoms with Crippen LogP contribution in [0.1, 0.15) is 11.8 Å². The monoisotopic (exact) mass is 296 g/mol. The number of benzene rings is 1. The highest BCUT2D eigenvalue weighted by atomic mass is 35.5. The minimum Gasteiger partial charge on any atom is -0.459 e. The van der Waals surface area contributed by atoms with Crippen molar-refractivity contribution < 1.29 is 4.42 Å². The summed E-state index contributed by atoms with van der Waals surface area (Å²) in [6, 6.07) is 7.90. The molecule has 3 nitrogen and oxygen atoms in total. The molecule has 19 heavy (non-hydrogen) atoms. The van der Waals surface area contributed by atoms with Gasteiger partial charge in [-0.25, -0.2) is 0 Å². The Morgan fingerprint density at radius 3 is 3.11 bits per heavy atom. The van der Waals surface area contributed by atoms with Gasteiger partial charge in [0.05, 0.1) is 6.04 Å². The maximum atomic E-state index is 6.38. The number of furan rings is 1. The molecular formula is C14H17ClN2OS. The fourth-order valence-corrected chi connectivity index (χ4v) is 3.94. The van der Waals surface area contributed by atoms with E-state index in [0.29, 0.717) is 6.04 Å². The zero-order valence-corrected chi connectivity index (χ0v) is 12.4. The first kappa shape index (κ1) is 13.3. The highest BCUT2D eigenvalue weighted by molar-refractivity contribution is 7.99. The minimum absolute atomic E-state index is 0.0935. The second-order valence-corrected chi connectivity index (χ2v) is 6.57. The molecule has 0 spiro atoms. The van der Waals surface area contributed by atoms with Gasteiger partial charge in [0.2, 0.25) is 0 Å². The predicted molar refractivity (Wildman–Crippen MR) is 81.9 cm³/mol. The molecule has 0 saturated carbocycles. The predicted octanol–water partition coefficient (Wildman–Crippen LogP) is 3.13. The number of nitrogens with zero attached hydrogens (tertiary/aromatic N) is 1. The summed E-state index contributed by atoms with van der Waals surface area (Å²) in [6.07, 6.45) is 0. The van der Waals surface area contributed by atoms with E-state index in [9.17, 15) is 0 Å². The Kier molecular flexibility index (Phi) is 3.76. The van der Waals surface area contributed by atoms with Gasteiger partial charge in [-0.15, -0.1) is 0 Å². The Bertz CT molecular complexity index is 586. The summed E-state index contributed by atoms with van der Waals surface area (Å²) in [7, 11) is 2.13. The highest BCUT2D eigenvalue weighted by Crippen LogP contribution is 2.30. The van der Waals surface area contributed by atoms with Gasteiger partial charge in [0.15, 0.2) is 0 Å². The van der Waals surface area contributed by atoms with Crippen LogP contribution in [0, 0.1) is 0 Å². The van der Waals surface area contributed by atoms with E-state index in [4.69, 9.17) is 21.8 Å². The van der Waals surface area contributed by atoms with E-state index >= 15 is 0 Å². The van der Waals surface area contributed by atoms with Crippen molar-refractivity contribution in [3.05, 3.63) is 35.0 Å². The zero-order valence-electron chi connectivity index (χ0n) is 10.8. The fraction of sp³-hybridized carbons (Fsp3) is 0.429. The van der Waals surface area contributed by atoms with Crippen molar-refractivity contribution in [1.29, 1.82) is 0 Å². The summed E-state index contributed by atoms with van der Waals surface area (Å²) in [5, 5.41) is 1.74. The van der Waals surface area contributed by atoms with E-state index < -0.39 is 0 Å². The first-order valence-electron chi connectivity index (χ1n) is 6.38. The van der Waals surface area contributed by atoms with Crippen LogP contribution in [0.3, 0.4) is 0 Å². The molecule has 2 aromatic rings. The molecule has 2 atom stereocenters. The fourth-order valence-electron chi connectivity index (χ4n) is 2.47. The number of likely N-dealkylation sites (N-methyl/N-ethyl adjacent to an activating group) is 1. The highest BCUT2D eigenvalue weighted by Gasteiger charge is 2.28. The number of nitrogens with two attached hydrogens (primary N) is 1. The largest absolute Gasteiger partial charge is 0.459 e. The van der Waals surface area contributed by atoms with Crippen molar-refractivity contribution >= 4 is 34.3 Å². The molecule has 2 heterocycles. The van der Waals surface area contributed by atoms with Crippen molar-refractivity contribution in [2.75, 3.05) is 25.1 Å². The number of rotatable bonds is 2. The summed E-state index contributed by atoms with van der Waals surface area (Å²) in [5.41, 5.74) is 7.23. The Balaban J connectivity index is 1.90. The molecule has 1 saturated heterocycles. The summed E-state index contributed by atoms with van der Waals surface area (Å²) in [4.78, 5) is 2.32. The van der Waals surface area contributed by atoms with Crippen molar-refractivity contribution in [1.82, 2.24) is 4.90 Å². The minimum atomic E-state index is -0.0935. The van der Waals surface area contributed by atoms with Crippen LogP contribution in [-0.4, -0.2) is 36.0 Å². The first-order valence-corrected chi connectivity index (χ1v) is 7.91. The van der Waals surface area contributed by atoms with Crippen molar-refractivity contribution in [3.63, 3.8) is 0 Å². The molecule has 0 radical (unpaired) electrons. The van der Waals surface area contributed by atoms with Gasteiger partial charge < -0.3 is 10.2 Å². The van der Waals surface area contributed by atoms with Gasteiger partial charge in [0.25, 0.3) is 0 Å². The second-order valence-electron chi connectivity index (χ2n) is 4.98. The molecule has 1 aromatic carbocycles. The van der Waals surface area contributed by atoms with Gasteiger partial charge in [-0.2, -0.15) is 11.8 Å². The van der Waals surface area contributed by atoms with E-state index in [-0.39, 0.29) is 6.04 Å². The summed E-state index contributed by atoms with van der Waals surface area (Å²) >= 11 is 7.95. The lowest BCUT2D eigenvalue weighted by atomic mass is 10.1. The number of hydrogen-bond acceptors (Lipinski definition) is 4. The van der Waals surface area contributed by atoms with Crippen LogP contribution in [0.4, 0.5) is 0 Å². The third-order valence-electron chi connectivity index (χ3n) is 3.68. The van der Waals surface area contributed by atoms with E-state index in [1.165, 1.54) is 5.75 Å². The van der Waals surface area contributed by atoms with Gasteiger partial charge in [0.1, 0.15) is 11.3 Å². The van der Waals surface area contributed by atoms with E-state index in [2.05, 4.69) is 11.9 Å². The average molecular weight is 297 g/mol. The maximum Gasteiger partial charge on any atom is 0.134 e. The Morgan fingerprint density at radius 2 is 2.32 bits per heavy atom. The molecule has 1 aliphatic rings. The zero-order chi connectivity index (χ0) is 13.4. The molecule has 1 aliphatic heterocycles. The molecule has 0 amide bonds. The Labute approximate surface area is 122 Å². The Morgan fingerprint density at radius 1 is 1.47 bits per heavy atom. The molecule has 102 valence electrons. The molecule has 0 aliphatic carbocycles. The SMILES string of the molecule is CN1CCSCC1C(N)c1cc2cc(Cl)ccc2o1. The molecule has 1 fully saturated rings. The molecule has 2 unspecified atom stereocenters. The van der Waals surface area contributed by atoms with Crippen LogP contribution in [0.2, 0.25) is 5.02 Å². The van der Waals surface area contributed by atoms with Crippen LogP contribution in [-0.2, 0) is 0 Å². The number of thioether (sulfide) groups is 1. The molecule has 3 rings (SSSR count). The van der Waals surface area contributed by atoms with Crippen molar-refractivity contribution in [2.45, 2.75) is 12.1 Å². The van der Waals surface area contributed by atoms with Gasteiger partial charge >= 0.3 is 0 Å². The van der Waals surface area contributed by atoms with Crippen molar-refractivity contribution in [3.8, 4) is 0 Å². The van der Waals surface area contributed by atoms with Gasteiger partial charge in [0, 0.05) is 34.5 Å². The first-order chi connectivity index (χ1) is 9.15. The van der Waals surface area contributed by atoms with E-state index in [0.717, 1.165) is 34.0 Å². The third-order valence-corrected chi connectivity index (χ3v) is 4.97. The van der Waals surface area contributed by atoms with Crippen LogP contribution in [0.5, 0.6) is 0 Å². The third kappa shape index (κ3) is 2.63. The molecular weight excluding hydrogens is 280 g/mol. The molecule has 2 N–H and O–H groups in total. The summed E-state index contributed by atoms with van der Waals surface area (Å²) in [6.45, 7) is 1.08. The van der Waals surface area contributed by atoms with Crippen LogP contribution < -0.4 is 5.73 Å². The summed E-state index contributed by atoms with van der Waals surface area (Å²) < 4.78 is 5.87. The van der Waals surface area contributed by atoms with Crippen LogP contribution in [0.25, 0.3) is 11.0 Å². The number of halogens is 1. The lowest BCUT2D eigenvalue weighted by Crippen LogP contribution is -2.46. The lowest BCUT2D eigenvalue weighted by Gasteiger charge is -2.35. The summed E-state index contributed by atoms with van der Waals surface area (Å²) in [5.74, 6) is 3.07. The molecule has 5 heteroatoms. The normalized spacial score (nSPS) is 22.8. The number of fused-ring (bicyclic) bond motifs is 1. The van der Waals surface area contributed by atoms with E-state index in [1.807, 2.05) is 36.0 Å². The Hall–Kier alpha value is -0.680.